The minimum atomic E-state index is -0.454. The first kappa shape index (κ1) is 31.4. The summed E-state index contributed by atoms with van der Waals surface area (Å²) in [5.74, 6) is 1.89. The molecule has 9 nitrogen and oxygen atoms in total. The Morgan fingerprint density at radius 1 is 1.02 bits per heavy atom. The number of pyridine rings is 1. The number of nitrogens with one attached hydrogen (secondary N) is 2. The van der Waals surface area contributed by atoms with E-state index in [9.17, 15) is 14.4 Å². The largest absolute Gasteiger partial charge is 0.493 e. The predicted molar refractivity (Wildman–Crippen MR) is 155 cm³/mol. The molecule has 10 heteroatoms. The van der Waals surface area contributed by atoms with E-state index >= 15 is 0 Å². The van der Waals surface area contributed by atoms with Crippen LogP contribution >= 0.6 is 11.6 Å². The smallest absolute Gasteiger partial charge is 0.259 e. The molecule has 0 aliphatic heterocycles. The highest BCUT2D eigenvalue weighted by atomic mass is 35.5. The number of ether oxygens (including phenoxy) is 3. The molecule has 3 rings (SSSR count). The predicted octanol–water partition coefficient (Wildman–Crippen LogP) is 6.02. The van der Waals surface area contributed by atoms with Crippen molar-refractivity contribution < 1.29 is 28.6 Å². The first-order valence-corrected chi connectivity index (χ1v) is 14.1. The van der Waals surface area contributed by atoms with E-state index in [-0.39, 0.29) is 29.8 Å². The average molecular weight is 574 g/mol. The Morgan fingerprint density at radius 2 is 1.70 bits per heavy atom. The van der Waals surface area contributed by atoms with E-state index in [0.717, 1.165) is 32.1 Å². The normalized spacial score (nSPS) is 18.4. The van der Waals surface area contributed by atoms with Crippen molar-refractivity contribution in [2.75, 3.05) is 38.1 Å². The van der Waals surface area contributed by atoms with Crippen molar-refractivity contribution in [2.45, 2.75) is 52.9 Å². The van der Waals surface area contributed by atoms with E-state index < -0.39 is 5.91 Å². The first-order valence-electron chi connectivity index (χ1n) is 13.7. The lowest BCUT2D eigenvalue weighted by molar-refractivity contribution is -0.122. The van der Waals surface area contributed by atoms with Gasteiger partial charge in [-0.05, 0) is 75.0 Å². The Bertz CT molecular complexity index is 1160. The highest BCUT2D eigenvalue weighted by Crippen LogP contribution is 2.39. The van der Waals surface area contributed by atoms with E-state index in [0.29, 0.717) is 52.4 Å². The van der Waals surface area contributed by atoms with Gasteiger partial charge in [-0.3, -0.25) is 14.4 Å². The molecular weight excluding hydrogens is 534 g/mol. The molecular formula is C30H40ClN3O6. The van der Waals surface area contributed by atoms with Gasteiger partial charge < -0.3 is 24.8 Å². The molecule has 2 atom stereocenters. The Kier molecular flexibility index (Phi) is 11.8. The van der Waals surface area contributed by atoms with Gasteiger partial charge in [0.1, 0.15) is 12.4 Å². The Morgan fingerprint density at radius 3 is 2.30 bits per heavy atom. The zero-order chi connectivity index (χ0) is 29.2. The summed E-state index contributed by atoms with van der Waals surface area (Å²) in [7, 11) is 2.98. The zero-order valence-electron chi connectivity index (χ0n) is 23.9. The van der Waals surface area contributed by atoms with Gasteiger partial charge in [-0.2, -0.15) is 0 Å². The molecule has 1 fully saturated rings. The van der Waals surface area contributed by atoms with Gasteiger partial charge in [-0.1, -0.05) is 25.4 Å². The van der Waals surface area contributed by atoms with E-state index in [2.05, 4.69) is 29.5 Å². The van der Waals surface area contributed by atoms with Gasteiger partial charge in [0.25, 0.3) is 5.91 Å². The molecule has 40 heavy (non-hydrogen) atoms. The molecule has 2 unspecified atom stereocenters. The monoisotopic (exact) mass is 573 g/mol. The van der Waals surface area contributed by atoms with Crippen molar-refractivity contribution in [3.8, 4) is 11.5 Å². The number of carbonyl (C=O) groups excluding carboxylic acids is 3. The second-order valence-electron chi connectivity index (χ2n) is 10.5. The number of benzene rings is 1. The highest BCUT2D eigenvalue weighted by Gasteiger charge is 2.31. The van der Waals surface area contributed by atoms with Gasteiger partial charge in [0.2, 0.25) is 5.91 Å². The molecule has 0 bridgehead atoms. The maximum absolute atomic E-state index is 13.3. The molecule has 1 aromatic carbocycles. The lowest BCUT2D eigenvalue weighted by atomic mass is 9.72. The SMILES string of the molecule is COc1cc(NC(=O)C2CCC(C(C)C(C)CCOCC(C)=O)CC2)c(C(=O)Nc2ccc(Cl)cn2)cc1OC. The quantitative estimate of drug-likeness (QED) is 0.282. The highest BCUT2D eigenvalue weighted by molar-refractivity contribution is 6.30. The van der Waals surface area contributed by atoms with Crippen LogP contribution in [0.25, 0.3) is 0 Å². The number of halogens is 1. The van der Waals surface area contributed by atoms with Gasteiger partial charge in [0.05, 0.1) is 30.5 Å². The number of nitrogens with zero attached hydrogens (tertiary/aromatic N) is 1. The average Bonchev–Trinajstić information content (AvgIpc) is 2.95. The number of carbonyl (C=O) groups is 3. The summed E-state index contributed by atoms with van der Waals surface area (Å²) < 4.78 is 16.3. The number of amides is 2. The Balaban J connectivity index is 1.64. The van der Waals surface area contributed by atoms with Crippen LogP contribution < -0.4 is 20.1 Å². The van der Waals surface area contributed by atoms with E-state index in [4.69, 9.17) is 25.8 Å². The summed E-state index contributed by atoms with van der Waals surface area (Å²) in [5.41, 5.74) is 0.565. The number of hydrogen-bond donors (Lipinski definition) is 2. The van der Waals surface area contributed by atoms with Crippen LogP contribution in [0.15, 0.2) is 30.5 Å². The number of aromatic nitrogens is 1. The summed E-state index contributed by atoms with van der Waals surface area (Å²) in [6, 6.07) is 6.37. The fourth-order valence-electron chi connectivity index (χ4n) is 5.16. The third-order valence-corrected chi connectivity index (χ3v) is 8.03. The third kappa shape index (κ3) is 8.66. The molecule has 218 valence electrons. The van der Waals surface area contributed by atoms with Gasteiger partial charge in [-0.25, -0.2) is 4.98 Å². The molecule has 1 aliphatic carbocycles. The van der Waals surface area contributed by atoms with Gasteiger partial charge in [-0.15, -0.1) is 0 Å². The minimum Gasteiger partial charge on any atom is -0.493 e. The molecule has 2 N–H and O–H groups in total. The summed E-state index contributed by atoms with van der Waals surface area (Å²) in [6.45, 7) is 6.77. The van der Waals surface area contributed by atoms with E-state index in [1.165, 1.54) is 27.3 Å². The van der Waals surface area contributed by atoms with Crippen LogP contribution in [-0.4, -0.2) is 50.0 Å². The molecule has 0 saturated heterocycles. The van der Waals surface area contributed by atoms with Crippen molar-refractivity contribution in [1.82, 2.24) is 4.98 Å². The molecule has 1 aliphatic rings. The Labute approximate surface area is 241 Å². The second kappa shape index (κ2) is 15.0. The minimum absolute atomic E-state index is 0.0386. The van der Waals surface area contributed by atoms with E-state index in [1.807, 2.05) is 0 Å². The van der Waals surface area contributed by atoms with Crippen LogP contribution in [0, 0.1) is 23.7 Å². The summed E-state index contributed by atoms with van der Waals surface area (Å²) in [5, 5.41) is 6.16. The molecule has 1 saturated carbocycles. The van der Waals surface area contributed by atoms with Crippen molar-refractivity contribution in [3.63, 3.8) is 0 Å². The molecule has 0 radical (unpaired) electrons. The molecule has 1 heterocycles. The number of ketones is 1. The van der Waals surface area contributed by atoms with Crippen LogP contribution in [0.2, 0.25) is 5.02 Å². The van der Waals surface area contributed by atoms with Gasteiger partial charge >= 0.3 is 0 Å². The van der Waals surface area contributed by atoms with Crippen LogP contribution in [0.4, 0.5) is 11.5 Å². The van der Waals surface area contributed by atoms with Crippen molar-refractivity contribution >= 4 is 40.7 Å². The van der Waals surface area contributed by atoms with Crippen molar-refractivity contribution in [3.05, 3.63) is 41.0 Å². The number of Topliss-reactive ketones (excluding diaryl/α,β-unsaturated/α-hetero) is 1. The van der Waals surface area contributed by atoms with Crippen molar-refractivity contribution in [2.24, 2.45) is 23.7 Å². The van der Waals surface area contributed by atoms with Crippen LogP contribution in [0.5, 0.6) is 11.5 Å². The molecule has 2 amide bonds. The molecule has 2 aromatic rings. The second-order valence-corrected chi connectivity index (χ2v) is 11.0. The summed E-state index contributed by atoms with van der Waals surface area (Å²) in [4.78, 5) is 41.7. The third-order valence-electron chi connectivity index (χ3n) is 7.80. The van der Waals surface area contributed by atoms with Crippen LogP contribution in [-0.2, 0) is 14.3 Å². The van der Waals surface area contributed by atoms with Crippen LogP contribution in [0.3, 0.4) is 0 Å². The van der Waals surface area contributed by atoms with Crippen LogP contribution in [0.1, 0.15) is 63.2 Å². The standard InChI is InChI=1S/C30H40ClN3O6/c1-18(12-13-40-17-19(2)35)20(3)21-6-8-22(9-7-21)29(36)33-25-15-27(39-5)26(38-4)14-24(25)30(37)34-28-11-10-23(31)16-32-28/h10-11,14-16,18,20-22H,6-9,12-13,17H2,1-5H3,(H,33,36)(H,32,34,37). The molecule has 0 spiro atoms. The lowest BCUT2D eigenvalue weighted by Crippen LogP contribution is -2.31. The number of rotatable bonds is 13. The number of anilines is 2. The fraction of sp³-hybridized carbons (Fsp3) is 0.533. The maximum Gasteiger partial charge on any atom is 0.259 e. The van der Waals surface area contributed by atoms with Crippen molar-refractivity contribution in [1.29, 1.82) is 0 Å². The molecule has 1 aromatic heterocycles. The maximum atomic E-state index is 13.3. The Hall–Kier alpha value is -3.17. The number of methoxy groups -OCH3 is 2. The van der Waals surface area contributed by atoms with Gasteiger partial charge in [0.15, 0.2) is 17.3 Å². The topological polar surface area (TPSA) is 116 Å². The first-order chi connectivity index (χ1) is 19.1. The summed E-state index contributed by atoms with van der Waals surface area (Å²) in [6.07, 6.45) is 5.81. The zero-order valence-corrected chi connectivity index (χ0v) is 24.7. The fourth-order valence-corrected chi connectivity index (χ4v) is 5.27. The lowest BCUT2D eigenvalue weighted by Gasteiger charge is -2.34. The summed E-state index contributed by atoms with van der Waals surface area (Å²) >= 11 is 5.90. The van der Waals surface area contributed by atoms with Gasteiger partial charge in [0, 0.05) is 24.8 Å². The number of hydrogen-bond acceptors (Lipinski definition) is 7. The van der Waals surface area contributed by atoms with E-state index in [1.54, 1.807) is 24.3 Å².